The third-order valence-corrected chi connectivity index (χ3v) is 4.09. The summed E-state index contributed by atoms with van der Waals surface area (Å²) < 4.78 is 5.05. The number of aryl methyl sites for hydroxylation is 2. The maximum absolute atomic E-state index is 5.05. The summed E-state index contributed by atoms with van der Waals surface area (Å²) in [6, 6.07) is 2.14. The van der Waals surface area contributed by atoms with E-state index in [2.05, 4.69) is 33.2 Å². The molecule has 2 rings (SSSR count). The van der Waals surface area contributed by atoms with Gasteiger partial charge in [-0.05, 0) is 38.6 Å². The number of anilines is 1. The Hall–Kier alpha value is -1.20. The molecule has 1 aliphatic rings. The van der Waals surface area contributed by atoms with Crippen molar-refractivity contribution < 1.29 is 4.74 Å². The van der Waals surface area contributed by atoms with Crippen LogP contribution >= 0.6 is 0 Å². The van der Waals surface area contributed by atoms with Gasteiger partial charge in [0.05, 0.1) is 6.61 Å². The Morgan fingerprint density at radius 2 is 2.10 bits per heavy atom. The van der Waals surface area contributed by atoms with Crippen LogP contribution in [0.3, 0.4) is 0 Å². The molecular formula is C16H28N4O. The number of hydrogen-bond donors (Lipinski definition) is 1. The van der Waals surface area contributed by atoms with E-state index in [9.17, 15) is 0 Å². The molecule has 0 aliphatic carbocycles. The first-order valence-corrected chi connectivity index (χ1v) is 8.02. The zero-order valence-electron chi connectivity index (χ0n) is 13.6. The van der Waals surface area contributed by atoms with Crippen molar-refractivity contribution in [3.8, 4) is 0 Å². The Bertz CT molecular complexity index is 430. The first-order chi connectivity index (χ1) is 10.2. The van der Waals surface area contributed by atoms with E-state index in [4.69, 9.17) is 4.74 Å². The van der Waals surface area contributed by atoms with Crippen molar-refractivity contribution in [2.75, 3.05) is 44.8 Å². The second kappa shape index (κ2) is 8.29. The number of piperidine rings is 1. The largest absolute Gasteiger partial charge is 0.383 e. The van der Waals surface area contributed by atoms with E-state index < -0.39 is 0 Å². The summed E-state index contributed by atoms with van der Waals surface area (Å²) in [6.07, 6.45) is 3.42. The van der Waals surface area contributed by atoms with Crippen LogP contribution in [0.25, 0.3) is 0 Å². The minimum Gasteiger partial charge on any atom is -0.383 e. The molecule has 118 valence electrons. The SMILES string of the molecule is CCc1cc(N2CCC(CNCCOC)CC2)nc(C)n1. The summed E-state index contributed by atoms with van der Waals surface area (Å²) in [5, 5.41) is 3.47. The number of ether oxygens (including phenoxy) is 1. The van der Waals surface area contributed by atoms with Crippen molar-refractivity contribution in [1.29, 1.82) is 0 Å². The summed E-state index contributed by atoms with van der Waals surface area (Å²) in [5.74, 6) is 2.75. The van der Waals surface area contributed by atoms with Gasteiger partial charge in [0.15, 0.2) is 0 Å². The summed E-state index contributed by atoms with van der Waals surface area (Å²) in [6.45, 7) is 9.14. The molecule has 21 heavy (non-hydrogen) atoms. The lowest BCUT2D eigenvalue weighted by atomic mass is 9.97. The molecule has 0 amide bonds. The summed E-state index contributed by atoms with van der Waals surface area (Å²) in [7, 11) is 1.74. The van der Waals surface area contributed by atoms with Gasteiger partial charge in [0, 0.05) is 38.5 Å². The van der Waals surface area contributed by atoms with Gasteiger partial charge in [0.25, 0.3) is 0 Å². The highest BCUT2D eigenvalue weighted by atomic mass is 16.5. The molecule has 2 heterocycles. The normalized spacial score (nSPS) is 16.4. The molecule has 5 nitrogen and oxygen atoms in total. The number of rotatable bonds is 7. The van der Waals surface area contributed by atoms with Crippen LogP contribution in [-0.4, -0.2) is 49.9 Å². The Labute approximate surface area is 128 Å². The quantitative estimate of drug-likeness (QED) is 0.777. The molecule has 1 saturated heterocycles. The van der Waals surface area contributed by atoms with E-state index in [-0.39, 0.29) is 0 Å². The molecule has 0 saturated carbocycles. The van der Waals surface area contributed by atoms with Crippen LogP contribution < -0.4 is 10.2 Å². The van der Waals surface area contributed by atoms with E-state index >= 15 is 0 Å². The fourth-order valence-electron chi connectivity index (χ4n) is 2.80. The number of nitrogens with zero attached hydrogens (tertiary/aromatic N) is 3. The van der Waals surface area contributed by atoms with Gasteiger partial charge >= 0.3 is 0 Å². The lowest BCUT2D eigenvalue weighted by Crippen LogP contribution is -2.38. The minimum absolute atomic E-state index is 0.770. The minimum atomic E-state index is 0.770. The van der Waals surface area contributed by atoms with Crippen molar-refractivity contribution in [3.05, 3.63) is 17.6 Å². The van der Waals surface area contributed by atoms with E-state index in [0.29, 0.717) is 0 Å². The maximum atomic E-state index is 5.05. The zero-order valence-corrected chi connectivity index (χ0v) is 13.6. The van der Waals surface area contributed by atoms with Crippen molar-refractivity contribution >= 4 is 5.82 Å². The summed E-state index contributed by atoms with van der Waals surface area (Å²) >= 11 is 0. The standard InChI is InChI=1S/C16H28N4O/c1-4-15-11-16(19-13(2)18-15)20-8-5-14(6-9-20)12-17-7-10-21-3/h11,14,17H,4-10,12H2,1-3H3. The lowest BCUT2D eigenvalue weighted by Gasteiger charge is -2.33. The molecule has 0 unspecified atom stereocenters. The number of nitrogens with one attached hydrogen (secondary N) is 1. The van der Waals surface area contributed by atoms with Crippen LogP contribution in [0.2, 0.25) is 0 Å². The molecule has 1 aliphatic heterocycles. The van der Waals surface area contributed by atoms with Gasteiger partial charge in [-0.3, -0.25) is 0 Å². The number of aromatic nitrogens is 2. The van der Waals surface area contributed by atoms with Crippen molar-refractivity contribution in [2.45, 2.75) is 33.1 Å². The fraction of sp³-hybridized carbons (Fsp3) is 0.750. The zero-order chi connectivity index (χ0) is 15.1. The Morgan fingerprint density at radius 3 is 2.76 bits per heavy atom. The van der Waals surface area contributed by atoms with Crippen LogP contribution in [0.1, 0.15) is 31.3 Å². The average Bonchev–Trinajstić information content (AvgIpc) is 2.51. The van der Waals surface area contributed by atoms with Gasteiger partial charge in [0.1, 0.15) is 11.6 Å². The third-order valence-electron chi connectivity index (χ3n) is 4.09. The second-order valence-electron chi connectivity index (χ2n) is 5.75. The van der Waals surface area contributed by atoms with E-state index in [1.807, 2.05) is 6.92 Å². The predicted octanol–water partition coefficient (Wildman–Crippen LogP) is 1.80. The topological polar surface area (TPSA) is 50.3 Å². The predicted molar refractivity (Wildman–Crippen MR) is 85.8 cm³/mol. The lowest BCUT2D eigenvalue weighted by molar-refractivity contribution is 0.196. The van der Waals surface area contributed by atoms with Gasteiger partial charge < -0.3 is 15.0 Å². The fourth-order valence-corrected chi connectivity index (χ4v) is 2.80. The van der Waals surface area contributed by atoms with Crippen LogP contribution in [0.5, 0.6) is 0 Å². The first kappa shape index (κ1) is 16.2. The molecule has 0 atom stereocenters. The number of hydrogen-bond acceptors (Lipinski definition) is 5. The van der Waals surface area contributed by atoms with Gasteiger partial charge in [-0.1, -0.05) is 6.92 Å². The molecular weight excluding hydrogens is 264 g/mol. The average molecular weight is 292 g/mol. The van der Waals surface area contributed by atoms with E-state index in [0.717, 1.165) is 62.5 Å². The maximum Gasteiger partial charge on any atom is 0.132 e. The van der Waals surface area contributed by atoms with Gasteiger partial charge in [0.2, 0.25) is 0 Å². The highest BCUT2D eigenvalue weighted by Gasteiger charge is 2.20. The molecule has 5 heteroatoms. The van der Waals surface area contributed by atoms with Gasteiger partial charge in [-0.2, -0.15) is 0 Å². The van der Waals surface area contributed by atoms with Gasteiger partial charge in [-0.25, -0.2) is 9.97 Å². The molecule has 1 aromatic heterocycles. The van der Waals surface area contributed by atoms with E-state index in [1.165, 1.54) is 12.8 Å². The summed E-state index contributed by atoms with van der Waals surface area (Å²) in [5.41, 5.74) is 1.14. The molecule has 0 aromatic carbocycles. The second-order valence-corrected chi connectivity index (χ2v) is 5.75. The first-order valence-electron chi connectivity index (χ1n) is 8.02. The van der Waals surface area contributed by atoms with Crippen LogP contribution in [0.4, 0.5) is 5.82 Å². The molecule has 0 radical (unpaired) electrons. The van der Waals surface area contributed by atoms with Crippen molar-refractivity contribution in [2.24, 2.45) is 5.92 Å². The van der Waals surface area contributed by atoms with Crippen LogP contribution in [0.15, 0.2) is 6.07 Å². The highest BCUT2D eigenvalue weighted by molar-refractivity contribution is 5.40. The molecule has 1 fully saturated rings. The van der Waals surface area contributed by atoms with Gasteiger partial charge in [-0.15, -0.1) is 0 Å². The van der Waals surface area contributed by atoms with Crippen molar-refractivity contribution in [3.63, 3.8) is 0 Å². The Morgan fingerprint density at radius 1 is 1.33 bits per heavy atom. The third kappa shape index (κ3) is 4.93. The Kier molecular flexibility index (Phi) is 6.39. The molecule has 1 N–H and O–H groups in total. The highest BCUT2D eigenvalue weighted by Crippen LogP contribution is 2.22. The number of methoxy groups -OCH3 is 1. The Balaban J connectivity index is 1.82. The molecule has 0 bridgehead atoms. The molecule has 1 aromatic rings. The summed E-state index contributed by atoms with van der Waals surface area (Å²) in [4.78, 5) is 11.5. The van der Waals surface area contributed by atoms with Crippen LogP contribution in [0, 0.1) is 12.8 Å². The smallest absolute Gasteiger partial charge is 0.132 e. The molecule has 0 spiro atoms. The van der Waals surface area contributed by atoms with E-state index in [1.54, 1.807) is 7.11 Å². The monoisotopic (exact) mass is 292 g/mol. The van der Waals surface area contributed by atoms with Crippen molar-refractivity contribution in [1.82, 2.24) is 15.3 Å². The van der Waals surface area contributed by atoms with Crippen LogP contribution in [-0.2, 0) is 11.2 Å².